The van der Waals surface area contributed by atoms with Crippen molar-refractivity contribution in [2.75, 3.05) is 19.8 Å². The number of aliphatic hydroxyl groups excluding tert-OH is 13. The van der Waals surface area contributed by atoms with E-state index < -0.39 is 163 Å². The van der Waals surface area contributed by atoms with Crippen LogP contribution in [0.3, 0.4) is 0 Å². The molecular weight excluding hydrogens is 897 g/mol. The van der Waals surface area contributed by atoms with E-state index in [2.05, 4.69) is 26.8 Å². The Bertz CT molecular complexity index is 1770. The molecule has 20 heteroatoms. The molecular formula is C48H82O20. The van der Waals surface area contributed by atoms with E-state index in [1.807, 2.05) is 34.6 Å². The third-order valence-corrected chi connectivity index (χ3v) is 18.8. The zero-order valence-corrected chi connectivity index (χ0v) is 40.7. The molecule has 4 saturated carbocycles. The molecule has 0 bridgehead atoms. The molecule has 20 nitrogen and oxygen atoms in total. The highest BCUT2D eigenvalue weighted by Crippen LogP contribution is 2.76. The molecule has 7 rings (SSSR count). The van der Waals surface area contributed by atoms with Crippen LogP contribution in [0.2, 0.25) is 0 Å². The first-order chi connectivity index (χ1) is 31.6. The van der Waals surface area contributed by atoms with Gasteiger partial charge in [0.25, 0.3) is 0 Å². The van der Waals surface area contributed by atoms with E-state index in [1.54, 1.807) is 0 Å². The van der Waals surface area contributed by atoms with Gasteiger partial charge in [0.15, 0.2) is 18.9 Å². The summed E-state index contributed by atoms with van der Waals surface area (Å²) >= 11 is 0. The highest BCUT2D eigenvalue weighted by Gasteiger charge is 2.74. The Morgan fingerprint density at radius 1 is 0.691 bits per heavy atom. The van der Waals surface area contributed by atoms with Gasteiger partial charge < -0.3 is 99.9 Å². The van der Waals surface area contributed by atoms with Crippen molar-refractivity contribution in [3.63, 3.8) is 0 Å². The van der Waals surface area contributed by atoms with Gasteiger partial charge in [-0.15, -0.1) is 0 Å². The van der Waals surface area contributed by atoms with Crippen molar-refractivity contribution in [1.29, 1.82) is 0 Å². The van der Waals surface area contributed by atoms with Gasteiger partial charge in [0, 0.05) is 0 Å². The maximum absolute atomic E-state index is 12.7. The quantitative estimate of drug-likeness (QED) is 0.0720. The molecule has 0 aromatic carbocycles. The first kappa shape index (κ1) is 54.7. The maximum Gasteiger partial charge on any atom is 0.221 e. The van der Waals surface area contributed by atoms with Crippen molar-refractivity contribution in [2.24, 2.45) is 45.3 Å². The number of hydrogen-bond acceptors (Lipinski definition) is 20. The second kappa shape index (κ2) is 19.7. The summed E-state index contributed by atoms with van der Waals surface area (Å²) in [7, 11) is 0. The molecule has 7 aliphatic rings. The van der Waals surface area contributed by atoms with Gasteiger partial charge in [-0.3, -0.25) is 0 Å². The van der Waals surface area contributed by atoms with E-state index >= 15 is 0 Å². The second-order valence-electron chi connectivity index (χ2n) is 23.3. The highest BCUT2D eigenvalue weighted by atomic mass is 16.8. The molecule has 3 saturated heterocycles. The van der Waals surface area contributed by atoms with Gasteiger partial charge in [0.2, 0.25) is 5.79 Å². The molecule has 0 spiro atoms. The topological polar surface area (TPSA) is 339 Å². The standard InChI is InChI=1S/C48H82O20/c1-21(2)10-9-13-47(8,67-40-35(59)32(56)30(54)25(18-49)63-40)22-11-15-45(6)29(22)23(52)16-27-44(5)14-12-28(43(3,4)38(44)24(53)17-46(27,45)7)65-42-37(33(57)31(55)26(19-50)64-42)66-41-36(60)34(58)39(61)48(62,20-51)68-41/h10,22-42,49-62H,9,11-20H2,1-8H3/t22-,23+,24-,25+,26+,27+,28-,29+,30+,31+,32-,33-,34-,35+,36+,37+,38-,39+,40-,41+,42-,44+,45+,46+,47-,48-/m0/s1. The minimum Gasteiger partial charge on any atom is -0.394 e. The average molecular weight is 979 g/mol. The van der Waals surface area contributed by atoms with E-state index in [-0.39, 0.29) is 17.8 Å². The molecule has 3 aliphatic heterocycles. The molecule has 0 aromatic heterocycles. The van der Waals surface area contributed by atoms with E-state index in [0.717, 1.165) is 5.57 Å². The van der Waals surface area contributed by atoms with Crippen LogP contribution in [0.5, 0.6) is 0 Å². The van der Waals surface area contributed by atoms with Crippen molar-refractivity contribution in [3.05, 3.63) is 11.6 Å². The summed E-state index contributed by atoms with van der Waals surface area (Å²) < 4.78 is 36.6. The fraction of sp³-hybridized carbons (Fsp3) is 0.958. The Morgan fingerprint density at radius 3 is 1.90 bits per heavy atom. The number of ether oxygens (including phenoxy) is 6. The lowest BCUT2D eigenvalue weighted by Gasteiger charge is -2.71. The van der Waals surface area contributed by atoms with Gasteiger partial charge in [0.05, 0.1) is 43.7 Å². The van der Waals surface area contributed by atoms with Gasteiger partial charge >= 0.3 is 0 Å². The number of hydrogen-bond donors (Lipinski definition) is 14. The summed E-state index contributed by atoms with van der Waals surface area (Å²) in [6, 6.07) is 0. The predicted molar refractivity (Wildman–Crippen MR) is 236 cm³/mol. The number of fused-ring (bicyclic) bond motifs is 5. The minimum atomic E-state index is -2.77. The third kappa shape index (κ3) is 8.88. The fourth-order valence-electron chi connectivity index (χ4n) is 15.1. The summed E-state index contributed by atoms with van der Waals surface area (Å²) in [5.41, 5.74) is -2.38. The van der Waals surface area contributed by atoms with Crippen LogP contribution in [0.25, 0.3) is 0 Å². The minimum absolute atomic E-state index is 0.100. The molecule has 0 aromatic rings. The summed E-state index contributed by atoms with van der Waals surface area (Å²) in [6.07, 6.45) is -19.9. The predicted octanol–water partition coefficient (Wildman–Crippen LogP) is -1.74. The van der Waals surface area contributed by atoms with Crippen LogP contribution in [0, 0.1) is 45.3 Å². The van der Waals surface area contributed by atoms with Gasteiger partial charge in [-0.25, -0.2) is 0 Å². The normalized spacial score (nSPS) is 53.4. The summed E-state index contributed by atoms with van der Waals surface area (Å²) in [6.45, 7) is 13.9. The van der Waals surface area contributed by atoms with Crippen molar-refractivity contribution in [2.45, 2.75) is 222 Å². The zero-order chi connectivity index (χ0) is 50.4. The number of aliphatic hydroxyl groups is 14. The molecule has 0 radical (unpaired) electrons. The molecule has 0 amide bonds. The smallest absolute Gasteiger partial charge is 0.221 e. The lowest BCUT2D eigenvalue weighted by Crippen LogP contribution is -2.71. The van der Waals surface area contributed by atoms with Crippen LogP contribution in [0.4, 0.5) is 0 Å². The lowest BCUT2D eigenvalue weighted by atomic mass is 9.34. The van der Waals surface area contributed by atoms with Crippen LogP contribution in [-0.2, 0) is 28.4 Å². The lowest BCUT2D eigenvalue weighted by molar-refractivity contribution is -0.424. The number of allylic oxidation sites excluding steroid dienone is 2. The Hall–Kier alpha value is -1.06. The molecule has 3 heterocycles. The molecule has 14 N–H and O–H groups in total. The largest absolute Gasteiger partial charge is 0.394 e. The summed E-state index contributed by atoms with van der Waals surface area (Å²) in [5.74, 6) is -3.89. The van der Waals surface area contributed by atoms with Crippen LogP contribution in [-0.4, -0.2) is 207 Å². The first-order valence-electron chi connectivity index (χ1n) is 24.6. The molecule has 394 valence electrons. The molecule has 7 fully saturated rings. The third-order valence-electron chi connectivity index (χ3n) is 18.8. The molecule has 26 atom stereocenters. The Kier molecular flexibility index (Phi) is 15.8. The van der Waals surface area contributed by atoms with Crippen LogP contribution < -0.4 is 0 Å². The Labute approximate surface area is 398 Å². The van der Waals surface area contributed by atoms with Gasteiger partial charge in [-0.2, -0.15) is 0 Å². The van der Waals surface area contributed by atoms with E-state index in [4.69, 9.17) is 28.4 Å². The van der Waals surface area contributed by atoms with E-state index in [0.29, 0.717) is 51.4 Å². The maximum atomic E-state index is 12.7. The van der Waals surface area contributed by atoms with Gasteiger partial charge in [0.1, 0.15) is 67.1 Å². The Morgan fingerprint density at radius 2 is 1.29 bits per heavy atom. The van der Waals surface area contributed by atoms with Crippen LogP contribution >= 0.6 is 0 Å². The van der Waals surface area contributed by atoms with Crippen LogP contribution in [0.15, 0.2) is 11.6 Å². The fourth-order valence-corrected chi connectivity index (χ4v) is 15.1. The van der Waals surface area contributed by atoms with Crippen molar-refractivity contribution < 1.29 is 99.9 Å². The summed E-state index contributed by atoms with van der Waals surface area (Å²) in [5, 5.41) is 152. The first-order valence-corrected chi connectivity index (χ1v) is 24.6. The number of rotatable bonds is 13. The highest BCUT2D eigenvalue weighted by molar-refractivity contribution is 5.22. The van der Waals surface area contributed by atoms with Crippen molar-refractivity contribution in [1.82, 2.24) is 0 Å². The van der Waals surface area contributed by atoms with E-state index in [9.17, 15) is 71.5 Å². The summed E-state index contributed by atoms with van der Waals surface area (Å²) in [4.78, 5) is 0. The van der Waals surface area contributed by atoms with Crippen molar-refractivity contribution in [3.8, 4) is 0 Å². The molecule has 68 heavy (non-hydrogen) atoms. The average Bonchev–Trinajstić information content (AvgIpc) is 3.66. The molecule has 4 aliphatic carbocycles. The Balaban J connectivity index is 1.15. The monoisotopic (exact) mass is 979 g/mol. The second-order valence-corrected chi connectivity index (χ2v) is 23.3. The van der Waals surface area contributed by atoms with Gasteiger partial charge in [-0.05, 0) is 117 Å². The molecule has 0 unspecified atom stereocenters. The SMILES string of the molecule is CC(C)=CCC[C@](C)(O[C@@H]1O[C@H](CO)[C@@H](O)[C@H](O)[C@H]1O)[C@H]1CC[C@]2(C)[C@H]1[C@H](O)C[C@@H]1[C@@]3(C)CC[C@H](O[C@@H]4O[C@H](CO)[C@@H](O)[C@H](O)[C@H]4O[C@@H]4O[C@@](O)(CO)[C@H](O)[C@@H](O)[C@H]4O)C(C)(C)[C@@H]3[C@@H](O)C[C@]12C. The van der Waals surface area contributed by atoms with E-state index in [1.165, 1.54) is 0 Å². The zero-order valence-electron chi connectivity index (χ0n) is 40.7. The van der Waals surface area contributed by atoms with Gasteiger partial charge in [-0.1, -0.05) is 46.3 Å². The van der Waals surface area contributed by atoms with Crippen LogP contribution in [0.1, 0.15) is 107 Å². The van der Waals surface area contributed by atoms with Crippen molar-refractivity contribution >= 4 is 0 Å².